The number of carbonyl (C=O) groups excluding carboxylic acids is 1. The molecule has 4 saturated carbocycles. The molecule has 164 valence electrons. The highest BCUT2D eigenvalue weighted by molar-refractivity contribution is 5.89. The Morgan fingerprint density at radius 2 is 1.72 bits per heavy atom. The predicted molar refractivity (Wildman–Crippen MR) is 116 cm³/mol. The Bertz CT molecular complexity index is 683. The van der Waals surface area contributed by atoms with E-state index in [2.05, 4.69) is 46.8 Å². The van der Waals surface area contributed by atoms with Gasteiger partial charge in [0.1, 0.15) is 5.60 Å². The van der Waals surface area contributed by atoms with Crippen LogP contribution < -0.4 is 0 Å². The summed E-state index contributed by atoms with van der Waals surface area (Å²) in [5, 5.41) is 21.7. The molecule has 4 aliphatic rings. The lowest BCUT2D eigenvalue weighted by Gasteiger charge is -2.63. The average Bonchev–Trinajstić information content (AvgIpc) is 3.00. The van der Waals surface area contributed by atoms with Crippen molar-refractivity contribution < 1.29 is 15.0 Å². The van der Waals surface area contributed by atoms with E-state index in [-0.39, 0.29) is 17.6 Å². The van der Waals surface area contributed by atoms with Crippen molar-refractivity contribution in [2.75, 3.05) is 0 Å². The number of aliphatic hydroxyl groups is 2. The van der Waals surface area contributed by atoms with Crippen LogP contribution in [0.4, 0.5) is 0 Å². The SMILES string of the molecule is CC(C)C=CC(C)C1CCC2C3CC(=O)C4(O)CC(O)CCC4(C)C3CCC12C. The smallest absolute Gasteiger partial charge is 0.165 e. The van der Waals surface area contributed by atoms with Crippen molar-refractivity contribution in [1.29, 1.82) is 0 Å². The van der Waals surface area contributed by atoms with Crippen LogP contribution in [0.5, 0.6) is 0 Å². The van der Waals surface area contributed by atoms with E-state index in [9.17, 15) is 15.0 Å². The lowest BCUT2D eigenvalue weighted by atomic mass is 9.42. The first kappa shape index (κ1) is 21.6. The second-order valence-corrected chi connectivity index (χ2v) is 11.9. The number of Topliss-reactive ketones (excluding diaryl/α,β-unsaturated/α-hetero) is 1. The molecule has 4 rings (SSSR count). The molecule has 0 spiro atoms. The van der Waals surface area contributed by atoms with E-state index in [0.29, 0.717) is 47.3 Å². The minimum atomic E-state index is -1.31. The van der Waals surface area contributed by atoms with E-state index in [0.717, 1.165) is 19.3 Å². The Labute approximate surface area is 177 Å². The molecule has 0 aromatic rings. The highest BCUT2D eigenvalue weighted by Gasteiger charge is 2.67. The Morgan fingerprint density at radius 3 is 2.41 bits per heavy atom. The van der Waals surface area contributed by atoms with Gasteiger partial charge in [0, 0.05) is 18.3 Å². The summed E-state index contributed by atoms with van der Waals surface area (Å²) in [5.41, 5.74) is -1.37. The van der Waals surface area contributed by atoms with Crippen LogP contribution >= 0.6 is 0 Å². The molecule has 4 fully saturated rings. The third kappa shape index (κ3) is 3.09. The van der Waals surface area contributed by atoms with Gasteiger partial charge in [0.15, 0.2) is 5.78 Å². The molecule has 2 N–H and O–H groups in total. The summed E-state index contributed by atoms with van der Waals surface area (Å²) in [6.07, 6.45) is 11.3. The van der Waals surface area contributed by atoms with Crippen LogP contribution in [0, 0.1) is 46.3 Å². The topological polar surface area (TPSA) is 57.5 Å². The molecule has 9 unspecified atom stereocenters. The van der Waals surface area contributed by atoms with Gasteiger partial charge < -0.3 is 10.2 Å². The number of carbonyl (C=O) groups is 1. The lowest BCUT2D eigenvalue weighted by molar-refractivity contribution is -0.213. The van der Waals surface area contributed by atoms with Crippen molar-refractivity contribution in [2.45, 2.75) is 97.7 Å². The fraction of sp³-hybridized carbons (Fsp3) is 0.885. The third-order valence-corrected chi connectivity index (χ3v) is 10.1. The minimum absolute atomic E-state index is 0.0143. The number of allylic oxidation sites excluding steroid dienone is 2. The van der Waals surface area contributed by atoms with E-state index >= 15 is 0 Å². The maximum absolute atomic E-state index is 13.3. The molecule has 0 heterocycles. The zero-order chi connectivity index (χ0) is 21.2. The molecule has 4 aliphatic carbocycles. The van der Waals surface area contributed by atoms with Gasteiger partial charge in [0.05, 0.1) is 6.10 Å². The minimum Gasteiger partial charge on any atom is -0.393 e. The fourth-order valence-corrected chi connectivity index (χ4v) is 8.46. The maximum Gasteiger partial charge on any atom is 0.165 e. The molecular formula is C26H42O3. The van der Waals surface area contributed by atoms with Gasteiger partial charge in [0.25, 0.3) is 0 Å². The van der Waals surface area contributed by atoms with Crippen LogP contribution in [0.3, 0.4) is 0 Å². The van der Waals surface area contributed by atoms with Crippen LogP contribution in [0.1, 0.15) is 86.0 Å². The van der Waals surface area contributed by atoms with E-state index in [1.165, 1.54) is 19.3 Å². The van der Waals surface area contributed by atoms with Gasteiger partial charge in [-0.3, -0.25) is 4.79 Å². The highest BCUT2D eigenvalue weighted by atomic mass is 16.3. The van der Waals surface area contributed by atoms with E-state index in [1.807, 2.05) is 0 Å². The van der Waals surface area contributed by atoms with Crippen LogP contribution in [0.25, 0.3) is 0 Å². The Kier molecular flexibility index (Phi) is 5.35. The summed E-state index contributed by atoms with van der Waals surface area (Å²) in [7, 11) is 0. The van der Waals surface area contributed by atoms with Gasteiger partial charge in [-0.05, 0) is 79.4 Å². The molecule has 29 heavy (non-hydrogen) atoms. The van der Waals surface area contributed by atoms with E-state index in [1.54, 1.807) is 0 Å². The molecule has 0 aromatic carbocycles. The molecule has 0 aliphatic heterocycles. The second-order valence-electron chi connectivity index (χ2n) is 11.9. The molecule has 0 saturated heterocycles. The average molecular weight is 403 g/mol. The number of hydrogen-bond donors (Lipinski definition) is 2. The number of hydrogen-bond acceptors (Lipinski definition) is 3. The van der Waals surface area contributed by atoms with Gasteiger partial charge in [0.2, 0.25) is 0 Å². The highest BCUT2D eigenvalue weighted by Crippen LogP contribution is 2.68. The molecule has 3 heteroatoms. The van der Waals surface area contributed by atoms with Gasteiger partial charge >= 0.3 is 0 Å². The second kappa shape index (κ2) is 7.19. The lowest BCUT2D eigenvalue weighted by Crippen LogP contribution is -2.67. The first-order chi connectivity index (χ1) is 13.5. The zero-order valence-electron chi connectivity index (χ0n) is 19.2. The normalized spacial score (nSPS) is 51.0. The van der Waals surface area contributed by atoms with Gasteiger partial charge in [-0.15, -0.1) is 0 Å². The molecule has 0 radical (unpaired) electrons. The van der Waals surface area contributed by atoms with Crippen molar-refractivity contribution >= 4 is 5.78 Å². The first-order valence-electron chi connectivity index (χ1n) is 12.1. The van der Waals surface area contributed by atoms with Gasteiger partial charge in [-0.25, -0.2) is 0 Å². The molecular weight excluding hydrogens is 360 g/mol. The number of rotatable bonds is 3. The zero-order valence-corrected chi connectivity index (χ0v) is 19.2. The summed E-state index contributed by atoms with van der Waals surface area (Å²) < 4.78 is 0. The van der Waals surface area contributed by atoms with Crippen molar-refractivity contribution in [1.82, 2.24) is 0 Å². The van der Waals surface area contributed by atoms with Crippen molar-refractivity contribution in [3.63, 3.8) is 0 Å². The van der Waals surface area contributed by atoms with Crippen LogP contribution in [0.15, 0.2) is 12.2 Å². The molecule has 3 nitrogen and oxygen atoms in total. The van der Waals surface area contributed by atoms with Crippen LogP contribution in [-0.4, -0.2) is 27.7 Å². The molecule has 9 atom stereocenters. The van der Waals surface area contributed by atoms with E-state index < -0.39 is 11.7 Å². The van der Waals surface area contributed by atoms with Gasteiger partial charge in [-0.1, -0.05) is 46.8 Å². The predicted octanol–water partition coefficient (Wildman–Crippen LogP) is 5.15. The summed E-state index contributed by atoms with van der Waals surface area (Å²) in [6.45, 7) is 11.5. The summed E-state index contributed by atoms with van der Waals surface area (Å²) in [6, 6.07) is 0. The Hall–Kier alpha value is -0.670. The maximum atomic E-state index is 13.3. The Balaban J connectivity index is 1.61. The number of aliphatic hydroxyl groups excluding tert-OH is 1. The van der Waals surface area contributed by atoms with Gasteiger partial charge in [-0.2, -0.15) is 0 Å². The number of ketones is 1. The quantitative estimate of drug-likeness (QED) is 0.642. The summed E-state index contributed by atoms with van der Waals surface area (Å²) >= 11 is 0. The monoisotopic (exact) mass is 402 g/mol. The molecule has 0 aromatic heterocycles. The standard InChI is InChI=1S/C26H42O3/c1-16(2)6-7-17(3)20-8-9-21-19-14-23(28)26(29)15-18(27)10-13-25(26,5)22(19)11-12-24(20,21)4/h6-7,16-22,27,29H,8-15H2,1-5H3. The Morgan fingerprint density at radius 1 is 1.00 bits per heavy atom. The van der Waals surface area contributed by atoms with Crippen molar-refractivity contribution in [3.8, 4) is 0 Å². The van der Waals surface area contributed by atoms with Crippen LogP contribution in [-0.2, 0) is 4.79 Å². The molecule has 0 amide bonds. The fourth-order valence-electron chi connectivity index (χ4n) is 8.46. The summed E-state index contributed by atoms with van der Waals surface area (Å²) in [4.78, 5) is 13.3. The third-order valence-electron chi connectivity index (χ3n) is 10.1. The largest absolute Gasteiger partial charge is 0.393 e. The number of fused-ring (bicyclic) bond motifs is 5. The van der Waals surface area contributed by atoms with Crippen molar-refractivity contribution in [3.05, 3.63) is 12.2 Å². The first-order valence-corrected chi connectivity index (χ1v) is 12.1. The molecule has 0 bridgehead atoms. The van der Waals surface area contributed by atoms with Crippen LogP contribution in [0.2, 0.25) is 0 Å². The van der Waals surface area contributed by atoms with Crippen molar-refractivity contribution in [2.24, 2.45) is 46.3 Å². The summed E-state index contributed by atoms with van der Waals surface area (Å²) in [5.74, 6) is 3.30. The van der Waals surface area contributed by atoms with E-state index in [4.69, 9.17) is 0 Å².